The highest BCUT2D eigenvalue weighted by molar-refractivity contribution is 5.94. The van der Waals surface area contributed by atoms with E-state index in [2.05, 4.69) is 17.3 Å². The highest BCUT2D eigenvalue weighted by atomic mass is 16.5. The van der Waals surface area contributed by atoms with Crippen LogP contribution in [-0.4, -0.2) is 34.8 Å². The molecule has 6 heteroatoms. The zero-order valence-corrected chi connectivity index (χ0v) is 16.4. The Morgan fingerprint density at radius 2 is 1.93 bits per heavy atom. The number of carbonyl (C=O) groups is 2. The third-order valence-corrected chi connectivity index (χ3v) is 5.31. The maximum atomic E-state index is 12.4. The monoisotopic (exact) mass is 369 g/mol. The van der Waals surface area contributed by atoms with E-state index in [0.717, 1.165) is 22.6 Å². The predicted octanol–water partition coefficient (Wildman–Crippen LogP) is 3.12. The van der Waals surface area contributed by atoms with Gasteiger partial charge >= 0.3 is 5.97 Å². The van der Waals surface area contributed by atoms with Gasteiger partial charge in [0.15, 0.2) is 0 Å². The van der Waals surface area contributed by atoms with Crippen LogP contribution in [0.4, 0.5) is 0 Å². The first-order chi connectivity index (χ1) is 12.9. The highest BCUT2D eigenvalue weighted by Gasteiger charge is 2.29. The van der Waals surface area contributed by atoms with Crippen molar-refractivity contribution in [1.82, 2.24) is 15.1 Å². The zero-order valence-electron chi connectivity index (χ0n) is 16.4. The third-order valence-electron chi connectivity index (χ3n) is 5.31. The van der Waals surface area contributed by atoms with Crippen LogP contribution in [0.3, 0.4) is 0 Å². The molecule has 144 valence electrons. The Morgan fingerprint density at radius 3 is 2.52 bits per heavy atom. The maximum absolute atomic E-state index is 12.4. The molecule has 3 rings (SSSR count). The molecule has 0 radical (unpaired) electrons. The number of esters is 1. The molecule has 27 heavy (non-hydrogen) atoms. The van der Waals surface area contributed by atoms with Crippen molar-refractivity contribution in [3.8, 4) is 5.69 Å². The number of rotatable bonds is 7. The number of benzene rings is 1. The van der Waals surface area contributed by atoms with Crippen molar-refractivity contribution in [2.75, 3.05) is 7.11 Å². The first-order valence-electron chi connectivity index (χ1n) is 9.44. The van der Waals surface area contributed by atoms with Crippen molar-refractivity contribution >= 4 is 11.9 Å². The Balaban J connectivity index is 1.73. The minimum Gasteiger partial charge on any atom is -0.469 e. The summed E-state index contributed by atoms with van der Waals surface area (Å²) in [4.78, 5) is 23.8. The molecule has 0 saturated heterocycles. The molecule has 1 atom stereocenters. The standard InChI is InChI=1S/C21H27N3O3/c1-13(16-5-6-16)22-21(26)17-7-9-18(10-8-17)24-15(3)19(14(2)23-24)11-12-20(25)27-4/h7-10,13,16H,5-6,11-12H2,1-4H3,(H,22,26)/t13-/m0/s1. The number of nitrogens with one attached hydrogen (secondary N) is 1. The van der Waals surface area contributed by atoms with Crippen LogP contribution >= 0.6 is 0 Å². The Bertz CT molecular complexity index is 835. The van der Waals surface area contributed by atoms with Gasteiger partial charge in [0.2, 0.25) is 0 Å². The van der Waals surface area contributed by atoms with Crippen LogP contribution in [0, 0.1) is 19.8 Å². The minimum absolute atomic E-state index is 0.0342. The van der Waals surface area contributed by atoms with Crippen molar-refractivity contribution < 1.29 is 14.3 Å². The van der Waals surface area contributed by atoms with E-state index >= 15 is 0 Å². The topological polar surface area (TPSA) is 73.2 Å². The van der Waals surface area contributed by atoms with Gasteiger partial charge in [0.25, 0.3) is 5.91 Å². The molecule has 1 aromatic carbocycles. The summed E-state index contributed by atoms with van der Waals surface area (Å²) in [5.74, 6) is 0.372. The van der Waals surface area contributed by atoms with Crippen LogP contribution in [0.1, 0.15) is 53.5 Å². The average Bonchev–Trinajstić information content (AvgIpc) is 3.47. The van der Waals surface area contributed by atoms with E-state index in [-0.39, 0.29) is 17.9 Å². The summed E-state index contributed by atoms with van der Waals surface area (Å²) in [6, 6.07) is 7.69. The Hall–Kier alpha value is -2.63. The van der Waals surface area contributed by atoms with Gasteiger partial charge in [-0.3, -0.25) is 9.59 Å². The lowest BCUT2D eigenvalue weighted by Gasteiger charge is -2.13. The molecule has 1 aliphatic carbocycles. The number of aromatic nitrogens is 2. The van der Waals surface area contributed by atoms with Crippen LogP contribution in [0.5, 0.6) is 0 Å². The molecule has 2 aromatic rings. The van der Waals surface area contributed by atoms with Gasteiger partial charge < -0.3 is 10.1 Å². The quantitative estimate of drug-likeness (QED) is 0.761. The lowest BCUT2D eigenvalue weighted by molar-refractivity contribution is -0.140. The van der Waals surface area contributed by atoms with Crippen molar-refractivity contribution in [2.24, 2.45) is 5.92 Å². The molecule has 1 heterocycles. The van der Waals surface area contributed by atoms with Gasteiger partial charge in [0.1, 0.15) is 0 Å². The Labute approximate surface area is 159 Å². The maximum Gasteiger partial charge on any atom is 0.305 e. The largest absolute Gasteiger partial charge is 0.469 e. The van der Waals surface area contributed by atoms with E-state index in [1.807, 2.05) is 42.8 Å². The van der Waals surface area contributed by atoms with Gasteiger partial charge in [-0.2, -0.15) is 5.10 Å². The SMILES string of the molecule is COC(=O)CCc1c(C)nn(-c2ccc(C(=O)N[C@@H](C)C3CC3)cc2)c1C. The fourth-order valence-electron chi connectivity index (χ4n) is 3.38. The first-order valence-corrected chi connectivity index (χ1v) is 9.44. The molecule has 0 bridgehead atoms. The number of hydrogen-bond acceptors (Lipinski definition) is 4. The molecule has 0 unspecified atom stereocenters. The first kappa shape index (κ1) is 19.1. The van der Waals surface area contributed by atoms with Crippen molar-refractivity contribution in [2.45, 2.75) is 52.5 Å². The van der Waals surface area contributed by atoms with E-state index in [1.54, 1.807) is 0 Å². The zero-order chi connectivity index (χ0) is 19.6. The number of ether oxygens (including phenoxy) is 1. The highest BCUT2D eigenvalue weighted by Crippen LogP contribution is 2.32. The van der Waals surface area contributed by atoms with Crippen molar-refractivity contribution in [3.63, 3.8) is 0 Å². The summed E-state index contributed by atoms with van der Waals surface area (Å²) >= 11 is 0. The Kier molecular flexibility index (Phi) is 5.63. The van der Waals surface area contributed by atoms with E-state index in [9.17, 15) is 9.59 Å². The molecule has 1 aliphatic rings. The second-order valence-corrected chi connectivity index (χ2v) is 7.28. The second-order valence-electron chi connectivity index (χ2n) is 7.28. The smallest absolute Gasteiger partial charge is 0.305 e. The molecule has 0 aliphatic heterocycles. The van der Waals surface area contributed by atoms with Crippen LogP contribution in [0.15, 0.2) is 24.3 Å². The van der Waals surface area contributed by atoms with E-state index in [0.29, 0.717) is 24.3 Å². The van der Waals surface area contributed by atoms with Gasteiger partial charge in [-0.25, -0.2) is 4.68 Å². The molecular formula is C21H27N3O3. The molecule has 0 spiro atoms. The summed E-state index contributed by atoms with van der Waals surface area (Å²) in [5.41, 5.74) is 4.50. The number of aryl methyl sites for hydroxylation is 1. The fraction of sp³-hybridized carbons (Fsp3) is 0.476. The van der Waals surface area contributed by atoms with Crippen LogP contribution in [-0.2, 0) is 16.0 Å². The molecule has 1 aromatic heterocycles. The van der Waals surface area contributed by atoms with Crippen molar-refractivity contribution in [3.05, 3.63) is 46.8 Å². The molecular weight excluding hydrogens is 342 g/mol. The van der Waals surface area contributed by atoms with Crippen LogP contribution in [0.2, 0.25) is 0 Å². The van der Waals surface area contributed by atoms with Gasteiger partial charge in [0, 0.05) is 23.7 Å². The Morgan fingerprint density at radius 1 is 1.26 bits per heavy atom. The summed E-state index contributed by atoms with van der Waals surface area (Å²) in [6.45, 7) is 6.00. The number of methoxy groups -OCH3 is 1. The van der Waals surface area contributed by atoms with Crippen LogP contribution < -0.4 is 5.32 Å². The van der Waals surface area contributed by atoms with Crippen molar-refractivity contribution in [1.29, 1.82) is 0 Å². The lowest BCUT2D eigenvalue weighted by atomic mass is 10.1. The van der Waals surface area contributed by atoms with Gasteiger partial charge in [0.05, 0.1) is 18.5 Å². The summed E-state index contributed by atoms with van der Waals surface area (Å²) in [5, 5.41) is 7.67. The average molecular weight is 369 g/mol. The van der Waals surface area contributed by atoms with Gasteiger partial charge in [-0.1, -0.05) is 0 Å². The molecule has 1 saturated carbocycles. The number of hydrogen-bond donors (Lipinski definition) is 1. The summed E-state index contributed by atoms with van der Waals surface area (Å²) in [7, 11) is 1.40. The predicted molar refractivity (Wildman–Crippen MR) is 103 cm³/mol. The molecule has 1 fully saturated rings. The molecule has 6 nitrogen and oxygen atoms in total. The lowest BCUT2D eigenvalue weighted by Crippen LogP contribution is -2.33. The fourth-order valence-corrected chi connectivity index (χ4v) is 3.38. The number of nitrogens with zero attached hydrogens (tertiary/aromatic N) is 2. The van der Waals surface area contributed by atoms with Gasteiger partial charge in [-0.15, -0.1) is 0 Å². The minimum atomic E-state index is -0.225. The van der Waals surface area contributed by atoms with E-state index in [1.165, 1.54) is 20.0 Å². The van der Waals surface area contributed by atoms with E-state index < -0.39 is 0 Å². The summed E-state index contributed by atoms with van der Waals surface area (Å²) in [6.07, 6.45) is 3.35. The normalized spacial score (nSPS) is 14.7. The third kappa shape index (κ3) is 4.38. The van der Waals surface area contributed by atoms with Gasteiger partial charge in [-0.05, 0) is 75.8 Å². The second kappa shape index (κ2) is 7.94. The molecule has 1 amide bonds. The number of carbonyl (C=O) groups excluding carboxylic acids is 2. The van der Waals surface area contributed by atoms with Crippen LogP contribution in [0.25, 0.3) is 5.69 Å². The molecule has 1 N–H and O–H groups in total. The summed E-state index contributed by atoms with van der Waals surface area (Å²) < 4.78 is 6.58. The van der Waals surface area contributed by atoms with E-state index in [4.69, 9.17) is 4.74 Å². The number of amides is 1.